The number of benzene rings is 1. The highest BCUT2D eigenvalue weighted by molar-refractivity contribution is 5.83. The predicted molar refractivity (Wildman–Crippen MR) is 85.5 cm³/mol. The van der Waals surface area contributed by atoms with Gasteiger partial charge in [-0.2, -0.15) is 0 Å². The van der Waals surface area contributed by atoms with Gasteiger partial charge >= 0.3 is 11.9 Å². The van der Waals surface area contributed by atoms with Crippen molar-refractivity contribution in [1.29, 1.82) is 0 Å². The molecule has 0 spiro atoms. The van der Waals surface area contributed by atoms with E-state index in [1.165, 1.54) is 6.26 Å². The van der Waals surface area contributed by atoms with Crippen LogP contribution in [0.3, 0.4) is 0 Å². The molecular weight excluding hydrogens is 292 g/mol. The number of allylic oxidation sites excluding steroid dienone is 4. The zero-order valence-corrected chi connectivity index (χ0v) is 12.8. The molecule has 1 aliphatic heterocycles. The second kappa shape index (κ2) is 6.24. The smallest absolute Gasteiger partial charge is 0.319 e. The third-order valence-electron chi connectivity index (χ3n) is 4.44. The lowest BCUT2D eigenvalue weighted by Gasteiger charge is -2.33. The fourth-order valence-corrected chi connectivity index (χ4v) is 3.30. The van der Waals surface area contributed by atoms with Crippen molar-refractivity contribution in [3.05, 3.63) is 71.5 Å². The molecule has 0 saturated heterocycles. The van der Waals surface area contributed by atoms with Crippen LogP contribution >= 0.6 is 0 Å². The molecule has 4 heteroatoms. The first-order valence-electron chi connectivity index (χ1n) is 7.70. The molecule has 1 N–H and O–H groups in total. The lowest BCUT2D eigenvalue weighted by Crippen LogP contribution is -2.31. The molecule has 3 unspecified atom stereocenters. The Morgan fingerprint density at radius 1 is 1.30 bits per heavy atom. The highest BCUT2D eigenvalue weighted by Crippen LogP contribution is 2.43. The van der Waals surface area contributed by atoms with Crippen LogP contribution in [0.1, 0.15) is 24.8 Å². The summed E-state index contributed by atoms with van der Waals surface area (Å²) in [7, 11) is 0. The average Bonchev–Trinajstić information content (AvgIpc) is 2.56. The maximum Gasteiger partial charge on any atom is 0.319 e. The number of aliphatic carboxylic acids is 1. The minimum absolute atomic E-state index is 0.188. The van der Waals surface area contributed by atoms with E-state index in [2.05, 4.69) is 0 Å². The largest absolute Gasteiger partial charge is 0.481 e. The summed E-state index contributed by atoms with van der Waals surface area (Å²) < 4.78 is 5.25. The van der Waals surface area contributed by atoms with E-state index in [9.17, 15) is 14.7 Å². The standard InChI is InChI=1S/C19H18O4/c1-2-13(18(20)21)14-9-6-10-15-16(14)11-23-19(22)17(15)12-7-4-3-5-8-12/h3-11,13,15,17H,2H2,1H3,(H,20,21). The SMILES string of the molecule is CCC(C(=O)O)C1=CC=CC2C1=COC(=O)C2c1ccccc1. The average molecular weight is 310 g/mol. The topological polar surface area (TPSA) is 63.6 Å². The summed E-state index contributed by atoms with van der Waals surface area (Å²) >= 11 is 0. The highest BCUT2D eigenvalue weighted by Gasteiger charge is 2.39. The van der Waals surface area contributed by atoms with Gasteiger partial charge < -0.3 is 9.84 Å². The molecule has 1 heterocycles. The zero-order chi connectivity index (χ0) is 16.4. The Morgan fingerprint density at radius 3 is 2.70 bits per heavy atom. The Morgan fingerprint density at radius 2 is 2.04 bits per heavy atom. The molecule has 0 bridgehead atoms. The monoisotopic (exact) mass is 310 g/mol. The Hall–Kier alpha value is -2.62. The van der Waals surface area contributed by atoms with E-state index in [-0.39, 0.29) is 11.9 Å². The summed E-state index contributed by atoms with van der Waals surface area (Å²) in [5.74, 6) is -2.39. The van der Waals surface area contributed by atoms with Gasteiger partial charge in [0.25, 0.3) is 0 Å². The van der Waals surface area contributed by atoms with Gasteiger partial charge in [0.1, 0.15) is 0 Å². The number of cyclic esters (lactones) is 1. The van der Waals surface area contributed by atoms with E-state index < -0.39 is 17.8 Å². The van der Waals surface area contributed by atoms with Gasteiger partial charge in [-0.15, -0.1) is 0 Å². The molecular formula is C19H18O4. The lowest BCUT2D eigenvalue weighted by molar-refractivity contribution is -0.141. The second-order valence-corrected chi connectivity index (χ2v) is 5.73. The number of esters is 1. The molecule has 0 saturated carbocycles. The van der Waals surface area contributed by atoms with Crippen LogP contribution < -0.4 is 0 Å². The molecule has 118 valence electrons. The molecule has 0 aromatic heterocycles. The molecule has 23 heavy (non-hydrogen) atoms. The molecule has 0 fully saturated rings. The van der Waals surface area contributed by atoms with E-state index in [1.54, 1.807) is 0 Å². The van der Waals surface area contributed by atoms with Crippen molar-refractivity contribution in [2.24, 2.45) is 11.8 Å². The lowest BCUT2D eigenvalue weighted by atomic mass is 9.72. The van der Waals surface area contributed by atoms with Gasteiger partial charge in [-0.3, -0.25) is 9.59 Å². The van der Waals surface area contributed by atoms with Gasteiger partial charge in [0, 0.05) is 5.92 Å². The number of carbonyl (C=O) groups excluding carboxylic acids is 1. The molecule has 3 rings (SSSR count). The third kappa shape index (κ3) is 2.72. The predicted octanol–water partition coefficient (Wildman–Crippen LogP) is 3.43. The van der Waals surface area contributed by atoms with Crippen LogP contribution in [-0.2, 0) is 14.3 Å². The van der Waals surface area contributed by atoms with E-state index >= 15 is 0 Å². The van der Waals surface area contributed by atoms with Crippen LogP contribution in [0.2, 0.25) is 0 Å². The van der Waals surface area contributed by atoms with E-state index in [0.717, 1.165) is 16.7 Å². The quantitative estimate of drug-likeness (QED) is 0.865. The number of ether oxygens (including phenoxy) is 1. The molecule has 1 aromatic carbocycles. The maximum atomic E-state index is 12.3. The summed E-state index contributed by atoms with van der Waals surface area (Å²) in [4.78, 5) is 23.8. The Kier molecular flexibility index (Phi) is 4.15. The Balaban J connectivity index is 2.01. The van der Waals surface area contributed by atoms with Crippen molar-refractivity contribution in [2.75, 3.05) is 0 Å². The summed E-state index contributed by atoms with van der Waals surface area (Å²) in [6.07, 6.45) is 7.52. The first kappa shape index (κ1) is 15.3. The van der Waals surface area contributed by atoms with E-state index in [4.69, 9.17) is 4.74 Å². The van der Waals surface area contributed by atoms with Crippen LogP contribution in [-0.4, -0.2) is 17.0 Å². The summed E-state index contributed by atoms with van der Waals surface area (Å²) in [6, 6.07) is 9.46. The van der Waals surface area contributed by atoms with Gasteiger partial charge in [0.05, 0.1) is 18.1 Å². The maximum absolute atomic E-state index is 12.3. The van der Waals surface area contributed by atoms with E-state index in [1.807, 2.05) is 55.5 Å². The number of hydrogen-bond acceptors (Lipinski definition) is 3. The van der Waals surface area contributed by atoms with Crippen LogP contribution in [0.4, 0.5) is 0 Å². The summed E-state index contributed by atoms with van der Waals surface area (Å²) in [5.41, 5.74) is 2.39. The van der Waals surface area contributed by atoms with Gasteiger partial charge in [0.2, 0.25) is 0 Å². The van der Waals surface area contributed by atoms with Crippen LogP contribution in [0.15, 0.2) is 66.0 Å². The first-order valence-corrected chi connectivity index (χ1v) is 7.70. The number of carbonyl (C=O) groups is 2. The fourth-order valence-electron chi connectivity index (χ4n) is 3.30. The van der Waals surface area contributed by atoms with Gasteiger partial charge in [-0.1, -0.05) is 55.5 Å². The highest BCUT2D eigenvalue weighted by atomic mass is 16.5. The summed E-state index contributed by atoms with van der Waals surface area (Å²) in [5, 5.41) is 9.45. The molecule has 1 aromatic rings. The van der Waals surface area contributed by atoms with Crippen molar-refractivity contribution in [3.8, 4) is 0 Å². The normalized spacial score (nSPS) is 24.1. The minimum atomic E-state index is -0.859. The molecule has 3 atom stereocenters. The Labute approximate surface area is 134 Å². The van der Waals surface area contributed by atoms with Gasteiger partial charge in [-0.25, -0.2) is 0 Å². The van der Waals surface area contributed by atoms with Crippen molar-refractivity contribution >= 4 is 11.9 Å². The first-order chi connectivity index (χ1) is 11.1. The number of hydrogen-bond donors (Lipinski definition) is 1. The van der Waals surface area contributed by atoms with Crippen molar-refractivity contribution in [1.82, 2.24) is 0 Å². The zero-order valence-electron chi connectivity index (χ0n) is 12.8. The fraction of sp³-hybridized carbons (Fsp3) is 0.263. The van der Waals surface area contributed by atoms with Crippen LogP contribution in [0, 0.1) is 11.8 Å². The summed E-state index contributed by atoms with van der Waals surface area (Å²) in [6.45, 7) is 1.84. The van der Waals surface area contributed by atoms with Crippen LogP contribution in [0.5, 0.6) is 0 Å². The van der Waals surface area contributed by atoms with E-state index in [0.29, 0.717) is 6.42 Å². The molecule has 4 nitrogen and oxygen atoms in total. The van der Waals surface area contributed by atoms with Crippen molar-refractivity contribution in [3.63, 3.8) is 0 Å². The molecule has 1 aliphatic carbocycles. The second-order valence-electron chi connectivity index (χ2n) is 5.73. The number of carboxylic acids is 1. The van der Waals surface area contributed by atoms with Crippen molar-refractivity contribution < 1.29 is 19.4 Å². The number of carboxylic acid groups (broad SMARTS) is 1. The van der Waals surface area contributed by atoms with Crippen LogP contribution in [0.25, 0.3) is 0 Å². The molecule has 0 amide bonds. The molecule has 2 aliphatic rings. The minimum Gasteiger partial charge on any atom is -0.481 e. The third-order valence-corrected chi connectivity index (χ3v) is 4.44. The van der Waals surface area contributed by atoms with Crippen molar-refractivity contribution in [2.45, 2.75) is 19.3 Å². The van der Waals surface area contributed by atoms with Gasteiger partial charge in [-0.05, 0) is 23.1 Å². The molecule has 0 radical (unpaired) electrons. The number of rotatable bonds is 4. The Bertz CT molecular complexity index is 712. The van der Waals surface area contributed by atoms with Gasteiger partial charge in [0.15, 0.2) is 0 Å². The number of fused-ring (bicyclic) bond motifs is 1.